The lowest BCUT2D eigenvalue weighted by Gasteiger charge is -2.06. The molecule has 4 N–H and O–H groups in total. The van der Waals surface area contributed by atoms with Gasteiger partial charge in [0.25, 0.3) is 5.91 Å². The fourth-order valence-corrected chi connectivity index (χ4v) is 1.27. The van der Waals surface area contributed by atoms with E-state index in [-0.39, 0.29) is 17.1 Å². The first kappa shape index (κ1) is 14.1. The quantitative estimate of drug-likeness (QED) is 0.536. The van der Waals surface area contributed by atoms with Gasteiger partial charge in [-0.15, -0.1) is 0 Å². The molecule has 1 aromatic rings. The van der Waals surface area contributed by atoms with Gasteiger partial charge in [0.05, 0.1) is 12.7 Å². The van der Waals surface area contributed by atoms with Crippen LogP contribution in [0.1, 0.15) is 11.1 Å². The van der Waals surface area contributed by atoms with Gasteiger partial charge in [-0.1, -0.05) is 5.92 Å². The Kier molecular flexibility index (Phi) is 4.55. The number of primary amides is 1. The molecule has 6 nitrogen and oxygen atoms in total. The van der Waals surface area contributed by atoms with E-state index in [2.05, 4.69) is 11.8 Å². The Morgan fingerprint density at radius 2 is 2.11 bits per heavy atom. The van der Waals surface area contributed by atoms with Crippen molar-refractivity contribution < 1.29 is 24.5 Å². The molecule has 0 atom stereocenters. The van der Waals surface area contributed by atoms with Crippen LogP contribution in [0.2, 0.25) is 0 Å². The zero-order valence-corrected chi connectivity index (χ0v) is 10.0. The Morgan fingerprint density at radius 3 is 2.63 bits per heavy atom. The van der Waals surface area contributed by atoms with Crippen LogP contribution in [-0.2, 0) is 9.59 Å². The maximum absolute atomic E-state index is 10.6. The van der Waals surface area contributed by atoms with Crippen LogP contribution < -0.4 is 10.5 Å². The minimum Gasteiger partial charge on any atom is -0.503 e. The number of methoxy groups -OCH3 is 1. The van der Waals surface area contributed by atoms with E-state index in [1.165, 1.54) is 25.3 Å². The second kappa shape index (κ2) is 6.12. The van der Waals surface area contributed by atoms with Crippen molar-refractivity contribution in [1.82, 2.24) is 0 Å². The van der Waals surface area contributed by atoms with Crippen LogP contribution in [0.5, 0.6) is 11.5 Å². The summed E-state index contributed by atoms with van der Waals surface area (Å²) < 4.78 is 4.92. The maximum atomic E-state index is 10.6. The highest BCUT2D eigenvalue weighted by Crippen LogP contribution is 2.31. The highest BCUT2D eigenvalue weighted by atomic mass is 16.5. The standard InChI is InChI=1S/C13H11NO5/c1-19-10-7-8(2-5-12(16)17)6-9(13(10)18)3-4-11(14)15/h2,5-7,18H,1H3,(H2,14,15)(H,16,17). The highest BCUT2D eigenvalue weighted by Gasteiger charge is 2.08. The molecule has 6 heteroatoms. The summed E-state index contributed by atoms with van der Waals surface area (Å²) in [6, 6.07) is 2.84. The van der Waals surface area contributed by atoms with Crippen LogP contribution >= 0.6 is 0 Å². The van der Waals surface area contributed by atoms with Crippen molar-refractivity contribution in [3.63, 3.8) is 0 Å². The Morgan fingerprint density at radius 1 is 1.42 bits per heavy atom. The predicted octanol–water partition coefficient (Wildman–Crippen LogP) is 0.335. The SMILES string of the molecule is COc1cc(C=CC(=O)O)cc(C#CC(N)=O)c1O. The van der Waals surface area contributed by atoms with Crippen LogP contribution in [0, 0.1) is 11.8 Å². The first-order chi connectivity index (χ1) is 8.93. The third-order valence-electron chi connectivity index (χ3n) is 2.06. The molecule has 0 unspecified atom stereocenters. The van der Waals surface area contributed by atoms with Gasteiger partial charge in [0.2, 0.25) is 0 Å². The molecule has 19 heavy (non-hydrogen) atoms. The summed E-state index contributed by atoms with van der Waals surface area (Å²) in [7, 11) is 1.34. The minimum atomic E-state index is -1.11. The normalized spacial score (nSPS) is 9.74. The van der Waals surface area contributed by atoms with E-state index >= 15 is 0 Å². The van der Waals surface area contributed by atoms with Crippen molar-refractivity contribution in [2.24, 2.45) is 5.73 Å². The molecule has 0 heterocycles. The van der Waals surface area contributed by atoms with Crippen LogP contribution in [0.25, 0.3) is 6.08 Å². The summed E-state index contributed by atoms with van der Waals surface area (Å²) in [4.78, 5) is 21.0. The number of aliphatic carboxylic acids is 1. The average Bonchev–Trinajstić information content (AvgIpc) is 2.35. The topological polar surface area (TPSA) is 110 Å². The van der Waals surface area contributed by atoms with E-state index in [0.717, 1.165) is 6.08 Å². The molecule has 1 rings (SSSR count). The molecule has 0 aliphatic carbocycles. The fourth-order valence-electron chi connectivity index (χ4n) is 1.27. The van der Waals surface area contributed by atoms with Crippen molar-refractivity contribution in [3.05, 3.63) is 29.3 Å². The largest absolute Gasteiger partial charge is 0.503 e. The molecule has 0 radical (unpaired) electrons. The second-order valence-corrected chi connectivity index (χ2v) is 3.41. The summed E-state index contributed by atoms with van der Waals surface area (Å²) in [5, 5.41) is 18.3. The molecule has 0 aliphatic rings. The Balaban J connectivity index is 3.31. The number of hydrogen-bond acceptors (Lipinski definition) is 4. The van der Waals surface area contributed by atoms with Gasteiger partial charge in [-0.2, -0.15) is 0 Å². The lowest BCUT2D eigenvalue weighted by atomic mass is 10.1. The molecule has 0 aliphatic heterocycles. The van der Waals surface area contributed by atoms with Gasteiger partial charge in [-0.3, -0.25) is 4.79 Å². The monoisotopic (exact) mass is 261 g/mol. The van der Waals surface area contributed by atoms with Gasteiger partial charge in [0, 0.05) is 12.0 Å². The lowest BCUT2D eigenvalue weighted by molar-refractivity contribution is -0.131. The Hall–Kier alpha value is -2.94. The van der Waals surface area contributed by atoms with E-state index in [0.29, 0.717) is 5.56 Å². The number of carboxylic acid groups (broad SMARTS) is 1. The van der Waals surface area contributed by atoms with Crippen LogP contribution in [0.15, 0.2) is 18.2 Å². The molecule has 1 aromatic carbocycles. The van der Waals surface area contributed by atoms with Crippen molar-refractivity contribution in [2.45, 2.75) is 0 Å². The Labute approximate surface area is 109 Å². The molecule has 0 fully saturated rings. The third kappa shape index (κ3) is 4.09. The number of benzene rings is 1. The van der Waals surface area contributed by atoms with Crippen LogP contribution in [0.3, 0.4) is 0 Å². The van der Waals surface area contributed by atoms with E-state index in [4.69, 9.17) is 15.6 Å². The molecular weight excluding hydrogens is 250 g/mol. The number of aromatic hydroxyl groups is 1. The summed E-state index contributed by atoms with van der Waals surface area (Å²) in [6.45, 7) is 0. The molecule has 0 aromatic heterocycles. The summed E-state index contributed by atoms with van der Waals surface area (Å²) in [6.07, 6.45) is 2.23. The Bertz CT molecular complexity index is 607. The first-order valence-corrected chi connectivity index (χ1v) is 5.07. The molecule has 0 saturated heterocycles. The molecule has 98 valence electrons. The van der Waals surface area contributed by atoms with Crippen LogP contribution in [0.4, 0.5) is 0 Å². The second-order valence-electron chi connectivity index (χ2n) is 3.41. The average molecular weight is 261 g/mol. The van der Waals surface area contributed by atoms with Gasteiger partial charge >= 0.3 is 5.97 Å². The van der Waals surface area contributed by atoms with E-state index < -0.39 is 11.9 Å². The summed E-state index contributed by atoms with van der Waals surface area (Å²) in [5.41, 5.74) is 5.44. The number of carbonyl (C=O) groups is 2. The fraction of sp³-hybridized carbons (Fsp3) is 0.0769. The first-order valence-electron chi connectivity index (χ1n) is 5.07. The van der Waals surface area contributed by atoms with E-state index in [1.807, 2.05) is 0 Å². The number of carbonyl (C=O) groups excluding carboxylic acids is 1. The number of hydrogen-bond donors (Lipinski definition) is 3. The number of rotatable bonds is 3. The van der Waals surface area contributed by atoms with Gasteiger partial charge in [-0.05, 0) is 23.8 Å². The predicted molar refractivity (Wildman–Crippen MR) is 67.4 cm³/mol. The molecule has 1 amide bonds. The minimum absolute atomic E-state index is 0.112. The van der Waals surface area contributed by atoms with Crippen molar-refractivity contribution >= 4 is 18.0 Å². The molecule has 0 bridgehead atoms. The van der Waals surface area contributed by atoms with Gasteiger partial charge < -0.3 is 20.7 Å². The van der Waals surface area contributed by atoms with Gasteiger partial charge in [0.15, 0.2) is 11.5 Å². The van der Waals surface area contributed by atoms with E-state index in [1.54, 1.807) is 0 Å². The van der Waals surface area contributed by atoms with Crippen molar-refractivity contribution in [1.29, 1.82) is 0 Å². The number of amides is 1. The van der Waals surface area contributed by atoms with E-state index in [9.17, 15) is 14.7 Å². The van der Waals surface area contributed by atoms with Crippen molar-refractivity contribution in [2.75, 3.05) is 7.11 Å². The number of carboxylic acids is 1. The van der Waals surface area contributed by atoms with Crippen LogP contribution in [-0.4, -0.2) is 29.2 Å². The van der Waals surface area contributed by atoms with Gasteiger partial charge in [0.1, 0.15) is 0 Å². The third-order valence-corrected chi connectivity index (χ3v) is 2.06. The van der Waals surface area contributed by atoms with Crippen molar-refractivity contribution in [3.8, 4) is 23.3 Å². The number of nitrogens with two attached hydrogens (primary N) is 1. The maximum Gasteiger partial charge on any atom is 0.328 e. The zero-order chi connectivity index (χ0) is 14.4. The summed E-state index contributed by atoms with van der Waals surface area (Å²) in [5.74, 6) is 2.37. The number of phenols is 1. The molecular formula is C13H11NO5. The number of ether oxygens (including phenoxy) is 1. The molecule has 0 saturated carbocycles. The lowest BCUT2D eigenvalue weighted by Crippen LogP contribution is -2.06. The zero-order valence-electron chi connectivity index (χ0n) is 10.0. The molecule has 0 spiro atoms. The smallest absolute Gasteiger partial charge is 0.328 e. The summed E-state index contributed by atoms with van der Waals surface area (Å²) >= 11 is 0. The van der Waals surface area contributed by atoms with Gasteiger partial charge in [-0.25, -0.2) is 4.79 Å². The number of phenolic OH excluding ortho intramolecular Hbond substituents is 1. The highest BCUT2D eigenvalue weighted by molar-refractivity contribution is 5.93.